The number of aliphatic hydroxyl groups is 2. The van der Waals surface area contributed by atoms with E-state index >= 15 is 0 Å². The predicted molar refractivity (Wildman–Crippen MR) is 81.5 cm³/mol. The molecule has 1 aromatic rings. The van der Waals surface area contributed by atoms with Crippen molar-refractivity contribution in [2.24, 2.45) is 0 Å². The summed E-state index contributed by atoms with van der Waals surface area (Å²) in [5, 5.41) is 23.3. The Kier molecular flexibility index (Phi) is 6.27. The van der Waals surface area contributed by atoms with Crippen molar-refractivity contribution in [2.45, 2.75) is 45.4 Å². The van der Waals surface area contributed by atoms with Crippen molar-refractivity contribution in [2.75, 3.05) is 13.2 Å². The summed E-state index contributed by atoms with van der Waals surface area (Å²) in [6, 6.07) is 5.38. The molecule has 0 aromatic heterocycles. The van der Waals surface area contributed by atoms with Crippen LogP contribution in [0.3, 0.4) is 0 Å². The molecule has 5 heteroatoms. The van der Waals surface area contributed by atoms with Gasteiger partial charge in [0.2, 0.25) is 0 Å². The Morgan fingerprint density at radius 3 is 2.55 bits per heavy atom. The smallest absolute Gasteiger partial charge is 0.119 e. The predicted octanol–water partition coefficient (Wildman–Crippen LogP) is 2.14. The third-order valence-electron chi connectivity index (χ3n) is 3.41. The number of aliphatic hydroxyl groups excluding tert-OH is 2. The van der Waals surface area contributed by atoms with E-state index in [1.807, 2.05) is 26.8 Å². The van der Waals surface area contributed by atoms with Crippen molar-refractivity contribution < 1.29 is 14.9 Å². The molecule has 0 aliphatic carbocycles. The summed E-state index contributed by atoms with van der Waals surface area (Å²) in [5.41, 5.74) is 0.490. The van der Waals surface area contributed by atoms with Crippen molar-refractivity contribution in [1.29, 1.82) is 0 Å². The van der Waals surface area contributed by atoms with Crippen LogP contribution in [0.5, 0.6) is 5.75 Å². The molecule has 0 aliphatic heterocycles. The summed E-state index contributed by atoms with van der Waals surface area (Å²) in [4.78, 5) is 0. The second kappa shape index (κ2) is 7.27. The lowest BCUT2D eigenvalue weighted by Crippen LogP contribution is -2.51. The van der Waals surface area contributed by atoms with E-state index in [0.717, 1.165) is 5.56 Å². The number of hydrogen-bond acceptors (Lipinski definition) is 4. The van der Waals surface area contributed by atoms with Crippen LogP contribution in [0.25, 0.3) is 0 Å². The fraction of sp³-hybridized carbons (Fsp3) is 0.600. The number of β-amino-alcohol motifs (C(OH)–C–C–N with tert-alkyl or cyclic N) is 1. The molecule has 20 heavy (non-hydrogen) atoms. The number of benzene rings is 1. The van der Waals surface area contributed by atoms with Crippen molar-refractivity contribution in [3.05, 3.63) is 28.8 Å². The molecule has 2 unspecified atom stereocenters. The molecule has 0 aliphatic rings. The molecule has 0 heterocycles. The van der Waals surface area contributed by atoms with E-state index in [-0.39, 0.29) is 6.61 Å². The maximum Gasteiger partial charge on any atom is 0.119 e. The Bertz CT molecular complexity index is 435. The van der Waals surface area contributed by atoms with Crippen molar-refractivity contribution >= 4 is 11.6 Å². The lowest BCUT2D eigenvalue weighted by Gasteiger charge is -2.30. The largest absolute Gasteiger partial charge is 0.491 e. The third-order valence-corrected chi connectivity index (χ3v) is 3.83. The molecule has 0 fully saturated rings. The molecule has 0 bridgehead atoms. The van der Waals surface area contributed by atoms with Gasteiger partial charge in [-0.25, -0.2) is 0 Å². The molecule has 0 saturated carbocycles. The number of rotatable bonds is 7. The van der Waals surface area contributed by atoms with E-state index in [0.29, 0.717) is 17.3 Å². The van der Waals surface area contributed by atoms with Gasteiger partial charge in [0.1, 0.15) is 18.5 Å². The minimum atomic E-state index is -0.649. The SMILES string of the molecule is Cc1cc(OCC(O)CNC(C)(C)C(C)O)ccc1Cl. The third kappa shape index (κ3) is 5.29. The van der Waals surface area contributed by atoms with E-state index in [1.165, 1.54) is 0 Å². The Balaban J connectivity index is 2.40. The molecule has 114 valence electrons. The molecule has 0 radical (unpaired) electrons. The molecule has 1 rings (SSSR count). The van der Waals surface area contributed by atoms with Crippen LogP contribution in [-0.2, 0) is 0 Å². The number of nitrogens with one attached hydrogen (secondary N) is 1. The molecular weight excluding hydrogens is 278 g/mol. The van der Waals surface area contributed by atoms with Crippen molar-refractivity contribution in [3.8, 4) is 5.75 Å². The highest BCUT2D eigenvalue weighted by atomic mass is 35.5. The summed E-state index contributed by atoms with van der Waals surface area (Å²) >= 11 is 5.93. The zero-order valence-corrected chi connectivity index (χ0v) is 13.2. The second-order valence-corrected chi connectivity index (χ2v) is 6.06. The van der Waals surface area contributed by atoms with Gasteiger partial charge in [-0.05, 0) is 51.5 Å². The monoisotopic (exact) mass is 301 g/mol. The van der Waals surface area contributed by atoms with Crippen LogP contribution < -0.4 is 10.1 Å². The number of aryl methyl sites for hydroxylation is 1. The fourth-order valence-corrected chi connectivity index (χ4v) is 1.60. The highest BCUT2D eigenvalue weighted by Crippen LogP contribution is 2.21. The lowest BCUT2D eigenvalue weighted by atomic mass is 9.99. The molecule has 0 amide bonds. The Morgan fingerprint density at radius 1 is 1.35 bits per heavy atom. The fourth-order valence-electron chi connectivity index (χ4n) is 1.49. The first kappa shape index (κ1) is 17.2. The molecule has 1 aromatic carbocycles. The van der Waals surface area contributed by atoms with Crippen LogP contribution in [0.2, 0.25) is 5.02 Å². The summed E-state index contributed by atoms with van der Waals surface area (Å²) in [6.07, 6.45) is -1.15. The topological polar surface area (TPSA) is 61.7 Å². The average molecular weight is 302 g/mol. The summed E-state index contributed by atoms with van der Waals surface area (Å²) in [5.74, 6) is 0.681. The second-order valence-electron chi connectivity index (χ2n) is 5.65. The standard InChI is InChI=1S/C15H24ClNO3/c1-10-7-13(5-6-14(10)16)20-9-12(19)8-17-15(3,4)11(2)18/h5-7,11-12,17-19H,8-9H2,1-4H3. The van der Waals surface area contributed by atoms with E-state index < -0.39 is 17.7 Å². The molecule has 3 N–H and O–H groups in total. The molecule has 4 nitrogen and oxygen atoms in total. The number of ether oxygens (including phenoxy) is 1. The van der Waals surface area contributed by atoms with Gasteiger partial charge in [-0.2, -0.15) is 0 Å². The maximum atomic E-state index is 9.88. The van der Waals surface area contributed by atoms with Crippen LogP contribution in [0, 0.1) is 6.92 Å². The van der Waals surface area contributed by atoms with Crippen LogP contribution >= 0.6 is 11.6 Å². The molecule has 2 atom stereocenters. The van der Waals surface area contributed by atoms with Gasteiger partial charge < -0.3 is 20.3 Å². The molecular formula is C15H24ClNO3. The number of hydrogen-bond donors (Lipinski definition) is 3. The Hall–Kier alpha value is -0.810. The minimum absolute atomic E-state index is 0.184. The van der Waals surface area contributed by atoms with Crippen molar-refractivity contribution in [1.82, 2.24) is 5.32 Å². The summed E-state index contributed by atoms with van der Waals surface area (Å²) < 4.78 is 5.52. The summed E-state index contributed by atoms with van der Waals surface area (Å²) in [7, 11) is 0. The lowest BCUT2D eigenvalue weighted by molar-refractivity contribution is 0.0648. The van der Waals surface area contributed by atoms with Gasteiger partial charge in [0.05, 0.1) is 6.10 Å². The van der Waals surface area contributed by atoms with Crippen LogP contribution in [0.15, 0.2) is 18.2 Å². The Labute approximate surface area is 125 Å². The van der Waals surface area contributed by atoms with Gasteiger partial charge in [0.15, 0.2) is 0 Å². The van der Waals surface area contributed by atoms with Crippen LogP contribution in [-0.4, -0.2) is 41.1 Å². The van der Waals surface area contributed by atoms with E-state index in [4.69, 9.17) is 16.3 Å². The number of halogens is 1. The first-order valence-corrected chi connectivity index (χ1v) is 7.10. The van der Waals surface area contributed by atoms with Gasteiger partial charge in [-0.15, -0.1) is 0 Å². The van der Waals surface area contributed by atoms with E-state index in [9.17, 15) is 10.2 Å². The van der Waals surface area contributed by atoms with Crippen molar-refractivity contribution in [3.63, 3.8) is 0 Å². The summed E-state index contributed by atoms with van der Waals surface area (Å²) in [6.45, 7) is 7.92. The van der Waals surface area contributed by atoms with Gasteiger partial charge in [-0.1, -0.05) is 11.6 Å². The Morgan fingerprint density at radius 2 is 2.00 bits per heavy atom. The van der Waals surface area contributed by atoms with E-state index in [1.54, 1.807) is 19.1 Å². The molecule has 0 saturated heterocycles. The van der Waals surface area contributed by atoms with Gasteiger partial charge in [0, 0.05) is 17.1 Å². The highest BCUT2D eigenvalue weighted by molar-refractivity contribution is 6.31. The van der Waals surface area contributed by atoms with E-state index in [2.05, 4.69) is 5.32 Å². The van der Waals surface area contributed by atoms with Crippen LogP contribution in [0.4, 0.5) is 0 Å². The molecule has 0 spiro atoms. The highest BCUT2D eigenvalue weighted by Gasteiger charge is 2.24. The maximum absolute atomic E-state index is 9.88. The first-order valence-electron chi connectivity index (χ1n) is 6.72. The van der Waals surface area contributed by atoms with Crippen LogP contribution in [0.1, 0.15) is 26.3 Å². The quantitative estimate of drug-likeness (QED) is 0.722. The normalized spacial score (nSPS) is 14.9. The van der Waals surface area contributed by atoms with Gasteiger partial charge >= 0.3 is 0 Å². The van der Waals surface area contributed by atoms with Gasteiger partial charge in [0.25, 0.3) is 0 Å². The first-order chi connectivity index (χ1) is 9.22. The zero-order chi connectivity index (χ0) is 15.3. The minimum Gasteiger partial charge on any atom is -0.491 e. The average Bonchev–Trinajstić information content (AvgIpc) is 2.37. The zero-order valence-electron chi connectivity index (χ0n) is 12.5. The van der Waals surface area contributed by atoms with Gasteiger partial charge in [-0.3, -0.25) is 0 Å².